The number of thiol groups is 1. The summed E-state index contributed by atoms with van der Waals surface area (Å²) in [6, 6.07) is 54.4. The van der Waals surface area contributed by atoms with Crippen molar-refractivity contribution in [2.75, 3.05) is 20.5 Å². The van der Waals surface area contributed by atoms with Gasteiger partial charge in [-0.2, -0.15) is 0 Å². The quantitative estimate of drug-likeness (QED) is 0.104. The third-order valence-corrected chi connectivity index (χ3v) is 12.3. The summed E-state index contributed by atoms with van der Waals surface area (Å²) in [6.45, 7) is 9.65. The first-order chi connectivity index (χ1) is 29.9. The molecule has 1 heterocycles. The van der Waals surface area contributed by atoms with Crippen LogP contribution in [-0.4, -0.2) is 30.4 Å². The van der Waals surface area contributed by atoms with Crippen molar-refractivity contribution in [2.24, 2.45) is 0 Å². The summed E-state index contributed by atoms with van der Waals surface area (Å²) in [4.78, 5) is 12.8. The lowest BCUT2D eigenvalue weighted by Crippen LogP contribution is -2.01. The summed E-state index contributed by atoms with van der Waals surface area (Å²) in [5, 5.41) is 0. The fraction of sp³-hybridized carbons (Fsp3) is 0.0545. The lowest BCUT2D eigenvalue weighted by atomic mass is 9.90. The highest BCUT2D eigenvalue weighted by molar-refractivity contribution is 7.98. The Morgan fingerprint density at radius 2 is 0.770 bits per heavy atom. The fourth-order valence-corrected chi connectivity index (χ4v) is 8.99. The summed E-state index contributed by atoms with van der Waals surface area (Å²) in [5.41, 5.74) is 17.5. The Kier molecular flexibility index (Phi) is 11.0. The monoisotopic (exact) mass is 826 g/mol. The standard InChI is InChI=1S/C55H42N2O2S2/c1-34-48(40-20-28-44(60)29-21-40)52(36-12-8-6-9-13-36)54(50(34)38-16-24-42(58-3)25-17-38)46-32-56-33-47(57-46)55-51(39-18-26-43(59-4)27-19-39)35(2)49(41-22-30-45(61-5)31-23-41)53(55)37-14-10-7-11-15-37/h6-33,60H,1-2H2,3-5H3. The van der Waals surface area contributed by atoms with E-state index in [4.69, 9.17) is 32.6 Å². The van der Waals surface area contributed by atoms with E-state index in [1.54, 1.807) is 26.0 Å². The molecule has 0 fully saturated rings. The summed E-state index contributed by atoms with van der Waals surface area (Å²) >= 11 is 6.36. The predicted molar refractivity (Wildman–Crippen MR) is 258 cm³/mol. The van der Waals surface area contributed by atoms with Gasteiger partial charge in [-0.25, -0.2) is 4.98 Å². The maximum absolute atomic E-state index is 5.68. The first kappa shape index (κ1) is 39.6. The van der Waals surface area contributed by atoms with E-state index in [0.717, 1.165) is 117 Å². The van der Waals surface area contributed by atoms with Crippen molar-refractivity contribution in [1.82, 2.24) is 9.97 Å². The molecule has 6 aromatic carbocycles. The average Bonchev–Trinajstić information content (AvgIpc) is 3.80. The van der Waals surface area contributed by atoms with Crippen LogP contribution in [0.1, 0.15) is 44.8 Å². The molecule has 0 radical (unpaired) electrons. The van der Waals surface area contributed by atoms with Crippen LogP contribution in [0.5, 0.6) is 11.5 Å². The van der Waals surface area contributed by atoms with Gasteiger partial charge in [0.2, 0.25) is 0 Å². The zero-order chi connectivity index (χ0) is 42.0. The molecule has 6 heteroatoms. The number of allylic oxidation sites excluding steroid dienone is 10. The van der Waals surface area contributed by atoms with Crippen LogP contribution < -0.4 is 9.47 Å². The summed E-state index contributed by atoms with van der Waals surface area (Å²) in [6.07, 6.45) is 5.86. The van der Waals surface area contributed by atoms with Crippen molar-refractivity contribution < 1.29 is 9.47 Å². The number of hydrogen-bond acceptors (Lipinski definition) is 6. The summed E-state index contributed by atoms with van der Waals surface area (Å²) in [5.74, 6) is 1.55. The van der Waals surface area contributed by atoms with Gasteiger partial charge in [0, 0.05) is 32.1 Å². The van der Waals surface area contributed by atoms with Crippen LogP contribution in [0.4, 0.5) is 0 Å². The van der Waals surface area contributed by atoms with Gasteiger partial charge in [-0.05, 0) is 122 Å². The number of benzene rings is 6. The van der Waals surface area contributed by atoms with E-state index in [-0.39, 0.29) is 0 Å². The maximum atomic E-state index is 5.68. The molecule has 0 spiro atoms. The molecule has 0 bridgehead atoms. The average molecular weight is 827 g/mol. The minimum Gasteiger partial charge on any atom is -0.497 e. The van der Waals surface area contributed by atoms with Crippen molar-refractivity contribution in [1.29, 1.82) is 0 Å². The van der Waals surface area contributed by atoms with Gasteiger partial charge in [-0.3, -0.25) is 4.98 Å². The van der Waals surface area contributed by atoms with E-state index < -0.39 is 0 Å². The molecule has 2 aliphatic carbocycles. The van der Waals surface area contributed by atoms with Crippen molar-refractivity contribution in [3.8, 4) is 11.5 Å². The van der Waals surface area contributed by atoms with Gasteiger partial charge in [0.25, 0.3) is 0 Å². The molecule has 1 aromatic heterocycles. The topological polar surface area (TPSA) is 44.2 Å². The number of ether oxygens (including phenoxy) is 2. The highest BCUT2D eigenvalue weighted by Gasteiger charge is 2.35. The van der Waals surface area contributed by atoms with Gasteiger partial charge < -0.3 is 9.47 Å². The van der Waals surface area contributed by atoms with E-state index in [1.807, 2.05) is 60.9 Å². The molecule has 4 nitrogen and oxygen atoms in total. The molecule has 0 unspecified atom stereocenters. The van der Waals surface area contributed by atoms with Crippen LogP contribution in [0.25, 0.3) is 44.6 Å². The second-order valence-corrected chi connectivity index (χ2v) is 16.1. The Bertz CT molecular complexity index is 2940. The van der Waals surface area contributed by atoms with E-state index in [2.05, 4.69) is 128 Å². The summed E-state index contributed by atoms with van der Waals surface area (Å²) < 4.78 is 11.2. The number of rotatable bonds is 11. The zero-order valence-corrected chi connectivity index (χ0v) is 35.9. The van der Waals surface area contributed by atoms with E-state index in [0.29, 0.717) is 0 Å². The smallest absolute Gasteiger partial charge is 0.118 e. The number of nitrogens with zero attached hydrogens (tertiary/aromatic N) is 2. The Hall–Kier alpha value is -6.86. The first-order valence-electron chi connectivity index (χ1n) is 19.9. The van der Waals surface area contributed by atoms with E-state index in [9.17, 15) is 0 Å². The van der Waals surface area contributed by atoms with Gasteiger partial charge in [-0.15, -0.1) is 24.4 Å². The molecule has 7 aromatic rings. The van der Waals surface area contributed by atoms with Crippen molar-refractivity contribution in [3.05, 3.63) is 239 Å². The van der Waals surface area contributed by atoms with Crippen LogP contribution in [0.2, 0.25) is 0 Å². The third-order valence-electron chi connectivity index (χ3n) is 11.3. The minimum atomic E-state index is 0.724. The Morgan fingerprint density at radius 1 is 0.426 bits per heavy atom. The number of aromatic nitrogens is 2. The Morgan fingerprint density at radius 3 is 1.15 bits per heavy atom. The first-order valence-corrected chi connectivity index (χ1v) is 21.6. The fourth-order valence-electron chi connectivity index (χ4n) is 8.44. The second kappa shape index (κ2) is 17.0. The largest absolute Gasteiger partial charge is 0.497 e. The molecule has 0 N–H and O–H groups in total. The Labute approximate surface area is 367 Å². The van der Waals surface area contributed by atoms with Crippen molar-refractivity contribution in [3.63, 3.8) is 0 Å². The molecule has 0 atom stereocenters. The van der Waals surface area contributed by atoms with Gasteiger partial charge >= 0.3 is 0 Å². The van der Waals surface area contributed by atoms with Gasteiger partial charge in [0.1, 0.15) is 11.5 Å². The molecule has 0 saturated heterocycles. The highest BCUT2D eigenvalue weighted by Crippen LogP contribution is 2.56. The van der Waals surface area contributed by atoms with Crippen molar-refractivity contribution >= 4 is 69.0 Å². The normalized spacial score (nSPS) is 14.1. The molecule has 2 aliphatic rings. The predicted octanol–water partition coefficient (Wildman–Crippen LogP) is 13.7. The van der Waals surface area contributed by atoms with Crippen LogP contribution in [0, 0.1) is 0 Å². The lowest BCUT2D eigenvalue weighted by Gasteiger charge is -2.17. The highest BCUT2D eigenvalue weighted by atomic mass is 32.2. The molecule has 0 saturated carbocycles. The number of methoxy groups -OCH3 is 2. The third kappa shape index (κ3) is 7.39. The molecular formula is C55H42N2O2S2. The molecule has 296 valence electrons. The molecular weight excluding hydrogens is 785 g/mol. The van der Waals surface area contributed by atoms with Crippen molar-refractivity contribution in [2.45, 2.75) is 9.79 Å². The van der Waals surface area contributed by atoms with Crippen LogP contribution >= 0.6 is 24.4 Å². The van der Waals surface area contributed by atoms with E-state index >= 15 is 0 Å². The second-order valence-electron chi connectivity index (χ2n) is 14.7. The van der Waals surface area contributed by atoms with Crippen LogP contribution in [-0.2, 0) is 0 Å². The summed E-state index contributed by atoms with van der Waals surface area (Å²) in [7, 11) is 3.37. The van der Waals surface area contributed by atoms with Gasteiger partial charge in [0.05, 0.1) is 38.0 Å². The SMILES string of the molecule is C=C1C(c2ccc(S)cc2)=C(c2ccccc2)C(c2cncc(C3=C(c4ccc(OC)cc4)C(=C)C(c4ccc(SC)cc4)=C3c3ccccc3)n2)=C1c1ccc(OC)cc1. The van der Waals surface area contributed by atoms with E-state index in [1.165, 1.54) is 4.90 Å². The maximum Gasteiger partial charge on any atom is 0.118 e. The number of thioether (sulfide) groups is 1. The molecule has 0 aliphatic heterocycles. The number of hydrogen-bond donors (Lipinski definition) is 1. The molecule has 9 rings (SSSR count). The Balaban J connectivity index is 1.35. The molecule has 0 amide bonds. The molecule has 61 heavy (non-hydrogen) atoms. The lowest BCUT2D eigenvalue weighted by molar-refractivity contribution is 0.414. The minimum absolute atomic E-state index is 0.724. The van der Waals surface area contributed by atoms with Crippen LogP contribution in [0.3, 0.4) is 0 Å². The zero-order valence-electron chi connectivity index (χ0n) is 34.1. The van der Waals surface area contributed by atoms with Gasteiger partial charge in [0.15, 0.2) is 0 Å². The van der Waals surface area contributed by atoms with Crippen LogP contribution in [0.15, 0.2) is 204 Å². The van der Waals surface area contributed by atoms with Gasteiger partial charge in [-0.1, -0.05) is 122 Å².